The first kappa shape index (κ1) is 25.4. The van der Waals surface area contributed by atoms with E-state index >= 15 is 0 Å². The van der Waals surface area contributed by atoms with Crippen LogP contribution in [0, 0.1) is 0 Å². The van der Waals surface area contributed by atoms with Crippen molar-refractivity contribution >= 4 is 5.97 Å². The molecule has 0 aliphatic rings. The first-order valence-corrected chi connectivity index (χ1v) is 10.3. The molecular formula is C23H39NO3. The summed E-state index contributed by atoms with van der Waals surface area (Å²) in [5.74, 6) is -0.255. The summed E-state index contributed by atoms with van der Waals surface area (Å²) in [5.41, 5.74) is 5.46. The lowest BCUT2D eigenvalue weighted by atomic mass is 10.2. The molecule has 0 saturated carbocycles. The molecule has 0 heterocycles. The largest absolute Gasteiger partial charge is 0.464 e. The number of esters is 1. The maximum Gasteiger partial charge on any atom is 0.305 e. The molecule has 0 aromatic heterocycles. The van der Waals surface area contributed by atoms with E-state index in [0.29, 0.717) is 6.42 Å². The van der Waals surface area contributed by atoms with E-state index in [9.17, 15) is 4.79 Å². The molecule has 0 bridgehead atoms. The van der Waals surface area contributed by atoms with Crippen LogP contribution in [0.25, 0.3) is 0 Å². The summed E-state index contributed by atoms with van der Waals surface area (Å²) in [6.45, 7) is 2.14. The zero-order valence-corrected chi connectivity index (χ0v) is 17.0. The Morgan fingerprint density at radius 2 is 1.41 bits per heavy atom. The zero-order chi connectivity index (χ0) is 20.0. The second-order valence-electron chi connectivity index (χ2n) is 6.61. The predicted octanol–water partition coefficient (Wildman–Crippen LogP) is 4.99. The van der Waals surface area contributed by atoms with Crippen molar-refractivity contribution in [1.82, 2.24) is 0 Å². The van der Waals surface area contributed by atoms with E-state index < -0.39 is 6.04 Å². The third kappa shape index (κ3) is 20.5. The van der Waals surface area contributed by atoms with Crippen LogP contribution in [-0.4, -0.2) is 30.3 Å². The van der Waals surface area contributed by atoms with Crippen molar-refractivity contribution in [2.75, 3.05) is 13.2 Å². The molecule has 0 fully saturated rings. The number of carbonyl (C=O) groups excluding carboxylic acids is 1. The first-order chi connectivity index (χ1) is 13.2. The van der Waals surface area contributed by atoms with Crippen LogP contribution in [-0.2, 0) is 9.53 Å². The summed E-state index contributed by atoms with van der Waals surface area (Å²) in [7, 11) is 0. The van der Waals surface area contributed by atoms with Gasteiger partial charge in [-0.25, -0.2) is 0 Å². The predicted molar refractivity (Wildman–Crippen MR) is 114 cm³/mol. The fourth-order valence-corrected chi connectivity index (χ4v) is 2.25. The second-order valence-corrected chi connectivity index (χ2v) is 6.61. The molecule has 0 spiro atoms. The van der Waals surface area contributed by atoms with Crippen LogP contribution in [0.2, 0.25) is 0 Å². The van der Waals surface area contributed by atoms with Gasteiger partial charge in [-0.1, -0.05) is 68.4 Å². The van der Waals surface area contributed by atoms with Crippen LogP contribution < -0.4 is 5.73 Å². The minimum absolute atomic E-state index is 0.0830. The van der Waals surface area contributed by atoms with Crippen LogP contribution in [0.15, 0.2) is 48.6 Å². The first-order valence-electron chi connectivity index (χ1n) is 10.3. The summed E-state index contributed by atoms with van der Waals surface area (Å²) >= 11 is 0. The Labute approximate surface area is 165 Å². The Hall–Kier alpha value is -1.65. The molecule has 4 heteroatoms. The molecule has 4 nitrogen and oxygen atoms in total. The SMILES string of the molecule is CCCCC/C=C\C/C=C\C/C=C\C/C=C\CCCC(=O)OC[C@H](N)CO. The molecule has 27 heavy (non-hydrogen) atoms. The molecule has 154 valence electrons. The van der Waals surface area contributed by atoms with E-state index in [2.05, 4.69) is 55.5 Å². The van der Waals surface area contributed by atoms with Gasteiger partial charge in [0.15, 0.2) is 0 Å². The van der Waals surface area contributed by atoms with Gasteiger partial charge in [-0.3, -0.25) is 4.79 Å². The standard InChI is InChI=1S/C23H39NO3/c1-2-3-4-5-6-7-8-9-10-11-12-13-14-15-16-17-18-19-23(26)27-21-22(24)20-25/h6-7,9-10,12-13,15-16,22,25H,2-5,8,11,14,17-21,24H2,1H3/b7-6-,10-9-,13-12-,16-15-/t22-/m1/s1. The van der Waals surface area contributed by atoms with Gasteiger partial charge in [0.25, 0.3) is 0 Å². The smallest absolute Gasteiger partial charge is 0.305 e. The van der Waals surface area contributed by atoms with Gasteiger partial charge in [-0.05, 0) is 44.9 Å². The molecule has 0 unspecified atom stereocenters. The van der Waals surface area contributed by atoms with Crippen molar-refractivity contribution < 1.29 is 14.6 Å². The van der Waals surface area contributed by atoms with Gasteiger partial charge >= 0.3 is 5.97 Å². The molecule has 0 rings (SSSR count). The minimum Gasteiger partial charge on any atom is -0.464 e. The molecule has 0 aliphatic heterocycles. The van der Waals surface area contributed by atoms with Crippen LogP contribution in [0.3, 0.4) is 0 Å². The molecule has 1 atom stereocenters. The highest BCUT2D eigenvalue weighted by molar-refractivity contribution is 5.69. The third-order valence-electron chi connectivity index (χ3n) is 3.90. The van der Waals surface area contributed by atoms with Crippen LogP contribution >= 0.6 is 0 Å². The van der Waals surface area contributed by atoms with Crippen LogP contribution in [0.1, 0.15) is 71.1 Å². The van der Waals surface area contributed by atoms with Gasteiger partial charge in [-0.15, -0.1) is 0 Å². The zero-order valence-electron chi connectivity index (χ0n) is 17.0. The van der Waals surface area contributed by atoms with E-state index in [1.165, 1.54) is 25.7 Å². The lowest BCUT2D eigenvalue weighted by Gasteiger charge is -2.08. The van der Waals surface area contributed by atoms with Crippen molar-refractivity contribution in [3.8, 4) is 0 Å². The highest BCUT2D eigenvalue weighted by Crippen LogP contribution is 2.02. The van der Waals surface area contributed by atoms with Crippen molar-refractivity contribution in [2.45, 2.75) is 77.2 Å². The lowest BCUT2D eigenvalue weighted by molar-refractivity contribution is -0.144. The topological polar surface area (TPSA) is 72.5 Å². The maximum absolute atomic E-state index is 11.4. The van der Waals surface area contributed by atoms with Crippen molar-refractivity contribution in [3.05, 3.63) is 48.6 Å². The minimum atomic E-state index is -0.484. The van der Waals surface area contributed by atoms with E-state index in [-0.39, 0.29) is 19.2 Å². The number of allylic oxidation sites excluding steroid dienone is 8. The third-order valence-corrected chi connectivity index (χ3v) is 3.90. The summed E-state index contributed by atoms with van der Waals surface area (Å²) in [6.07, 6.45) is 27.5. The summed E-state index contributed by atoms with van der Waals surface area (Å²) < 4.78 is 4.95. The van der Waals surface area contributed by atoms with E-state index in [4.69, 9.17) is 15.6 Å². The number of nitrogens with two attached hydrogens (primary N) is 1. The number of hydrogen-bond acceptors (Lipinski definition) is 4. The molecule has 0 radical (unpaired) electrons. The summed E-state index contributed by atoms with van der Waals surface area (Å²) in [5, 5.41) is 8.74. The number of unbranched alkanes of at least 4 members (excludes halogenated alkanes) is 4. The van der Waals surface area contributed by atoms with Gasteiger partial charge in [0.05, 0.1) is 12.6 Å². The molecular weight excluding hydrogens is 338 g/mol. The van der Waals surface area contributed by atoms with Gasteiger partial charge in [-0.2, -0.15) is 0 Å². The van der Waals surface area contributed by atoms with Crippen molar-refractivity contribution in [2.24, 2.45) is 5.73 Å². The number of rotatable bonds is 17. The van der Waals surface area contributed by atoms with E-state index in [1.54, 1.807) is 0 Å². The van der Waals surface area contributed by atoms with Gasteiger partial charge in [0, 0.05) is 6.42 Å². The normalized spacial score (nSPS) is 13.4. The Kier molecular flexibility index (Phi) is 19.4. The van der Waals surface area contributed by atoms with E-state index in [0.717, 1.165) is 32.1 Å². The van der Waals surface area contributed by atoms with Crippen molar-refractivity contribution in [3.63, 3.8) is 0 Å². The maximum atomic E-state index is 11.4. The molecule has 0 aromatic rings. The molecule has 3 N–H and O–H groups in total. The number of hydrogen-bond donors (Lipinski definition) is 2. The second kappa shape index (κ2) is 20.7. The Morgan fingerprint density at radius 3 is 1.93 bits per heavy atom. The van der Waals surface area contributed by atoms with Gasteiger partial charge in [0.1, 0.15) is 6.61 Å². The number of ether oxygens (including phenoxy) is 1. The van der Waals surface area contributed by atoms with Crippen molar-refractivity contribution in [1.29, 1.82) is 0 Å². The Balaban J connectivity index is 3.49. The number of aliphatic hydroxyl groups is 1. The number of carbonyl (C=O) groups is 1. The quantitative estimate of drug-likeness (QED) is 0.213. The Morgan fingerprint density at radius 1 is 0.889 bits per heavy atom. The molecule has 0 aromatic carbocycles. The Bertz CT molecular complexity index is 453. The highest BCUT2D eigenvalue weighted by atomic mass is 16.5. The fourth-order valence-electron chi connectivity index (χ4n) is 2.25. The molecule has 0 amide bonds. The van der Waals surface area contributed by atoms with Crippen LogP contribution in [0.5, 0.6) is 0 Å². The van der Waals surface area contributed by atoms with Gasteiger partial charge < -0.3 is 15.6 Å². The summed E-state index contributed by atoms with van der Waals surface area (Å²) in [4.78, 5) is 11.4. The average Bonchev–Trinajstić information content (AvgIpc) is 2.68. The van der Waals surface area contributed by atoms with Crippen LogP contribution in [0.4, 0.5) is 0 Å². The summed E-state index contributed by atoms with van der Waals surface area (Å²) in [6, 6.07) is -0.484. The molecule has 0 aliphatic carbocycles. The fraction of sp³-hybridized carbons (Fsp3) is 0.609. The monoisotopic (exact) mass is 377 g/mol. The van der Waals surface area contributed by atoms with Gasteiger partial charge in [0.2, 0.25) is 0 Å². The number of aliphatic hydroxyl groups excluding tert-OH is 1. The lowest BCUT2D eigenvalue weighted by Crippen LogP contribution is -2.31. The van der Waals surface area contributed by atoms with E-state index in [1.807, 2.05) is 0 Å². The highest BCUT2D eigenvalue weighted by Gasteiger charge is 2.05. The average molecular weight is 378 g/mol. The molecule has 0 saturated heterocycles.